The molecule has 0 aromatic carbocycles. The van der Waals surface area contributed by atoms with Crippen molar-refractivity contribution in [1.29, 1.82) is 0 Å². The molecule has 0 saturated heterocycles. The second-order valence-electron chi connectivity index (χ2n) is 4.03. The summed E-state index contributed by atoms with van der Waals surface area (Å²) in [6.07, 6.45) is 5.14. The van der Waals surface area contributed by atoms with E-state index >= 15 is 0 Å². The third-order valence-corrected chi connectivity index (χ3v) is 2.70. The second kappa shape index (κ2) is 6.19. The predicted octanol–water partition coefficient (Wildman–Crippen LogP) is 1.26. The first-order valence-electron chi connectivity index (χ1n) is 6.12. The van der Waals surface area contributed by atoms with Gasteiger partial charge in [-0.05, 0) is 19.1 Å². The topological polar surface area (TPSA) is 69.3 Å². The number of esters is 1. The molecule has 0 fully saturated rings. The molecule has 0 aliphatic carbocycles. The highest BCUT2D eigenvalue weighted by Crippen LogP contribution is 2.20. The van der Waals surface area contributed by atoms with Gasteiger partial charge in [0.2, 0.25) is 0 Å². The summed E-state index contributed by atoms with van der Waals surface area (Å²) in [5, 5.41) is 3.10. The number of aromatic nitrogens is 2. The molecule has 0 aliphatic heterocycles. The van der Waals surface area contributed by atoms with Crippen LogP contribution < -0.4 is 5.32 Å². The van der Waals surface area contributed by atoms with E-state index in [4.69, 9.17) is 9.15 Å². The standard InChI is InChI=1S/C13H17N3O3/c1-3-18-11(17)9-15-12(10-5-4-8-19-10)13-14-6-7-16(13)2/h4-8,12,15H,3,9H2,1-2H3. The molecule has 2 heterocycles. The molecule has 1 atom stereocenters. The average molecular weight is 263 g/mol. The molecule has 6 nitrogen and oxygen atoms in total. The van der Waals surface area contributed by atoms with Gasteiger partial charge in [-0.1, -0.05) is 0 Å². The number of carbonyl (C=O) groups is 1. The van der Waals surface area contributed by atoms with Crippen molar-refractivity contribution in [3.05, 3.63) is 42.4 Å². The Balaban J connectivity index is 2.12. The van der Waals surface area contributed by atoms with Crippen LogP contribution in [0.3, 0.4) is 0 Å². The van der Waals surface area contributed by atoms with E-state index in [0.29, 0.717) is 12.4 Å². The quantitative estimate of drug-likeness (QED) is 0.794. The fraction of sp³-hybridized carbons (Fsp3) is 0.385. The Labute approximate surface area is 111 Å². The van der Waals surface area contributed by atoms with E-state index in [1.807, 2.05) is 23.9 Å². The maximum absolute atomic E-state index is 11.4. The third-order valence-electron chi connectivity index (χ3n) is 2.70. The van der Waals surface area contributed by atoms with Crippen molar-refractivity contribution in [2.24, 2.45) is 7.05 Å². The molecular formula is C13H17N3O3. The first-order chi connectivity index (χ1) is 9.22. The summed E-state index contributed by atoms with van der Waals surface area (Å²) in [6, 6.07) is 3.37. The van der Waals surface area contributed by atoms with Gasteiger partial charge in [-0.25, -0.2) is 4.98 Å². The van der Waals surface area contributed by atoms with Crippen molar-refractivity contribution in [2.45, 2.75) is 13.0 Å². The molecule has 6 heteroatoms. The molecule has 2 rings (SSSR count). The van der Waals surface area contributed by atoms with Crippen LogP contribution in [0.4, 0.5) is 0 Å². The summed E-state index contributed by atoms with van der Waals surface area (Å²) in [5.41, 5.74) is 0. The number of hydrogen-bond donors (Lipinski definition) is 1. The minimum atomic E-state index is -0.298. The van der Waals surface area contributed by atoms with E-state index in [1.54, 1.807) is 25.5 Å². The maximum Gasteiger partial charge on any atom is 0.319 e. The summed E-state index contributed by atoms with van der Waals surface area (Å²) in [7, 11) is 1.89. The lowest BCUT2D eigenvalue weighted by atomic mass is 10.2. The second-order valence-corrected chi connectivity index (χ2v) is 4.03. The summed E-state index contributed by atoms with van der Waals surface area (Å²) in [5.74, 6) is 1.19. The van der Waals surface area contributed by atoms with E-state index in [1.165, 1.54) is 0 Å². The Morgan fingerprint density at radius 2 is 2.47 bits per heavy atom. The Morgan fingerprint density at radius 1 is 1.63 bits per heavy atom. The highest BCUT2D eigenvalue weighted by molar-refractivity contribution is 5.71. The lowest BCUT2D eigenvalue weighted by Crippen LogP contribution is -2.31. The molecular weight excluding hydrogens is 246 g/mol. The van der Waals surface area contributed by atoms with Crippen LogP contribution in [0.1, 0.15) is 24.6 Å². The molecule has 0 saturated carbocycles. The number of aryl methyl sites for hydroxylation is 1. The number of hydrogen-bond acceptors (Lipinski definition) is 5. The lowest BCUT2D eigenvalue weighted by Gasteiger charge is -2.15. The fourth-order valence-corrected chi connectivity index (χ4v) is 1.83. The van der Waals surface area contributed by atoms with Gasteiger partial charge in [-0.2, -0.15) is 0 Å². The first kappa shape index (κ1) is 13.4. The Morgan fingerprint density at radius 3 is 3.05 bits per heavy atom. The van der Waals surface area contributed by atoms with Crippen LogP contribution in [0.15, 0.2) is 35.2 Å². The monoisotopic (exact) mass is 263 g/mol. The van der Waals surface area contributed by atoms with Gasteiger partial charge in [0.25, 0.3) is 0 Å². The van der Waals surface area contributed by atoms with E-state index in [0.717, 1.165) is 5.82 Å². The van der Waals surface area contributed by atoms with E-state index < -0.39 is 0 Å². The van der Waals surface area contributed by atoms with Crippen LogP contribution in [-0.4, -0.2) is 28.7 Å². The number of nitrogens with one attached hydrogen (secondary N) is 1. The Hall–Kier alpha value is -2.08. The number of carbonyl (C=O) groups excluding carboxylic acids is 1. The van der Waals surface area contributed by atoms with Crippen molar-refractivity contribution in [3.8, 4) is 0 Å². The van der Waals surface area contributed by atoms with Crippen LogP contribution in [0.5, 0.6) is 0 Å². The van der Waals surface area contributed by atoms with E-state index in [-0.39, 0.29) is 18.6 Å². The zero-order valence-corrected chi connectivity index (χ0v) is 11.0. The van der Waals surface area contributed by atoms with Gasteiger partial charge < -0.3 is 13.7 Å². The molecule has 0 bridgehead atoms. The van der Waals surface area contributed by atoms with Gasteiger partial charge in [-0.15, -0.1) is 0 Å². The summed E-state index contributed by atoms with van der Waals surface area (Å²) < 4.78 is 12.2. The van der Waals surface area contributed by atoms with Crippen molar-refractivity contribution < 1.29 is 13.9 Å². The molecule has 1 N–H and O–H groups in total. The lowest BCUT2D eigenvalue weighted by molar-refractivity contribution is -0.142. The molecule has 19 heavy (non-hydrogen) atoms. The molecule has 0 radical (unpaired) electrons. The highest BCUT2D eigenvalue weighted by atomic mass is 16.5. The van der Waals surface area contributed by atoms with Crippen LogP contribution in [0.25, 0.3) is 0 Å². The summed E-state index contributed by atoms with van der Waals surface area (Å²) in [6.45, 7) is 2.25. The average Bonchev–Trinajstić information content (AvgIpc) is 3.03. The van der Waals surface area contributed by atoms with Gasteiger partial charge in [0.1, 0.15) is 17.6 Å². The minimum Gasteiger partial charge on any atom is -0.467 e. The van der Waals surface area contributed by atoms with Gasteiger partial charge in [-0.3, -0.25) is 10.1 Å². The Bertz CT molecular complexity index is 519. The zero-order chi connectivity index (χ0) is 13.7. The van der Waals surface area contributed by atoms with Crippen LogP contribution in [-0.2, 0) is 16.6 Å². The van der Waals surface area contributed by atoms with Gasteiger partial charge in [0.05, 0.1) is 19.4 Å². The highest BCUT2D eigenvalue weighted by Gasteiger charge is 2.21. The number of imidazole rings is 1. The SMILES string of the molecule is CCOC(=O)CNC(c1ccco1)c1nccn1C. The van der Waals surface area contributed by atoms with E-state index in [2.05, 4.69) is 10.3 Å². The van der Waals surface area contributed by atoms with Gasteiger partial charge >= 0.3 is 5.97 Å². The summed E-state index contributed by atoms with van der Waals surface area (Å²) >= 11 is 0. The third kappa shape index (κ3) is 3.23. The van der Waals surface area contributed by atoms with Crippen LogP contribution in [0, 0.1) is 0 Å². The van der Waals surface area contributed by atoms with Crippen LogP contribution >= 0.6 is 0 Å². The molecule has 102 valence electrons. The summed E-state index contributed by atoms with van der Waals surface area (Å²) in [4.78, 5) is 15.7. The molecule has 0 spiro atoms. The molecule has 1 unspecified atom stereocenters. The largest absolute Gasteiger partial charge is 0.467 e. The number of nitrogens with zero attached hydrogens (tertiary/aromatic N) is 2. The number of ether oxygens (including phenoxy) is 1. The zero-order valence-electron chi connectivity index (χ0n) is 11.0. The first-order valence-corrected chi connectivity index (χ1v) is 6.12. The van der Waals surface area contributed by atoms with Gasteiger partial charge in [0.15, 0.2) is 0 Å². The van der Waals surface area contributed by atoms with E-state index in [9.17, 15) is 4.79 Å². The predicted molar refractivity (Wildman–Crippen MR) is 68.4 cm³/mol. The smallest absolute Gasteiger partial charge is 0.319 e. The molecule has 0 amide bonds. The van der Waals surface area contributed by atoms with Crippen molar-refractivity contribution in [1.82, 2.24) is 14.9 Å². The maximum atomic E-state index is 11.4. The molecule has 0 aliphatic rings. The molecule has 2 aromatic rings. The van der Waals surface area contributed by atoms with Crippen molar-refractivity contribution in [3.63, 3.8) is 0 Å². The number of rotatable bonds is 6. The normalized spacial score (nSPS) is 12.3. The van der Waals surface area contributed by atoms with Crippen LogP contribution in [0.2, 0.25) is 0 Å². The fourth-order valence-electron chi connectivity index (χ4n) is 1.83. The molecule has 2 aromatic heterocycles. The van der Waals surface area contributed by atoms with Crippen molar-refractivity contribution >= 4 is 5.97 Å². The van der Waals surface area contributed by atoms with Gasteiger partial charge in [0, 0.05) is 19.4 Å². The van der Waals surface area contributed by atoms with Crippen molar-refractivity contribution in [2.75, 3.05) is 13.2 Å². The number of furan rings is 1. The minimum absolute atomic E-state index is 0.103. The Kier molecular flexibility index (Phi) is 4.35.